The van der Waals surface area contributed by atoms with Crippen LogP contribution >= 0.6 is 11.8 Å². The Kier molecular flexibility index (Phi) is 5.90. The minimum absolute atomic E-state index is 0.327. The molecule has 31 heavy (non-hydrogen) atoms. The summed E-state index contributed by atoms with van der Waals surface area (Å²) >= 11 is 1.30. The van der Waals surface area contributed by atoms with Crippen molar-refractivity contribution in [3.63, 3.8) is 0 Å². The molecule has 1 amide bonds. The van der Waals surface area contributed by atoms with Crippen LogP contribution in [0, 0.1) is 11.6 Å². The second-order valence-corrected chi connectivity index (χ2v) is 7.58. The Hall–Kier alpha value is -3.78. The van der Waals surface area contributed by atoms with E-state index in [0.717, 1.165) is 4.90 Å². The summed E-state index contributed by atoms with van der Waals surface area (Å²) in [6, 6.07) is 20.8. The molecule has 0 radical (unpaired) electrons. The van der Waals surface area contributed by atoms with E-state index in [-0.39, 0.29) is 23.1 Å². The topological polar surface area (TPSA) is 64.0 Å². The molecule has 4 aromatic rings. The molecule has 0 saturated heterocycles. The van der Waals surface area contributed by atoms with Crippen LogP contribution in [0.4, 0.5) is 14.5 Å². The number of carbonyl (C=O) groups excluding carboxylic acids is 1. The second kappa shape index (κ2) is 8.93. The maximum absolute atomic E-state index is 13.1. The van der Waals surface area contributed by atoms with Crippen molar-refractivity contribution in [2.24, 2.45) is 0 Å². The zero-order valence-corrected chi connectivity index (χ0v) is 16.8. The van der Waals surface area contributed by atoms with Crippen molar-refractivity contribution in [2.45, 2.75) is 9.92 Å². The molecule has 0 aliphatic rings. The summed E-state index contributed by atoms with van der Waals surface area (Å²) in [5, 5.41) is 7.58. The van der Waals surface area contributed by atoms with E-state index in [4.69, 9.17) is 0 Å². The third-order valence-electron chi connectivity index (χ3n) is 4.29. The van der Waals surface area contributed by atoms with Gasteiger partial charge in [0.25, 0.3) is 11.5 Å². The average Bonchev–Trinajstić information content (AvgIpc) is 2.78. The molecule has 0 spiro atoms. The molecule has 0 unspecified atom stereocenters. The maximum Gasteiger partial charge on any atom is 0.271 e. The van der Waals surface area contributed by atoms with Crippen molar-refractivity contribution in [2.75, 3.05) is 5.32 Å². The van der Waals surface area contributed by atoms with Crippen molar-refractivity contribution in [3.8, 4) is 5.69 Å². The molecule has 0 bridgehead atoms. The number of hydrogen-bond acceptors (Lipinski definition) is 4. The van der Waals surface area contributed by atoms with Gasteiger partial charge in [0.15, 0.2) is 0 Å². The van der Waals surface area contributed by atoms with Crippen molar-refractivity contribution in [1.29, 1.82) is 0 Å². The highest BCUT2D eigenvalue weighted by Crippen LogP contribution is 2.25. The molecule has 0 atom stereocenters. The van der Waals surface area contributed by atoms with Crippen LogP contribution in [0.5, 0.6) is 0 Å². The maximum atomic E-state index is 13.1. The molecule has 154 valence electrons. The number of benzene rings is 3. The van der Waals surface area contributed by atoms with Crippen LogP contribution in [0.2, 0.25) is 0 Å². The van der Waals surface area contributed by atoms with Gasteiger partial charge in [-0.05, 0) is 78.9 Å². The lowest BCUT2D eigenvalue weighted by atomic mass is 10.2. The first-order chi connectivity index (χ1) is 15.0. The van der Waals surface area contributed by atoms with Crippen LogP contribution in [0.1, 0.15) is 10.4 Å². The van der Waals surface area contributed by atoms with Gasteiger partial charge in [-0.2, -0.15) is 9.78 Å². The zero-order chi connectivity index (χ0) is 21.8. The van der Waals surface area contributed by atoms with Gasteiger partial charge in [0.2, 0.25) is 0 Å². The fraction of sp³-hybridized carbons (Fsp3) is 0. The van der Waals surface area contributed by atoms with Gasteiger partial charge in [-0.1, -0.05) is 11.8 Å². The van der Waals surface area contributed by atoms with E-state index in [0.29, 0.717) is 22.0 Å². The predicted molar refractivity (Wildman–Crippen MR) is 115 cm³/mol. The van der Waals surface area contributed by atoms with Crippen LogP contribution < -0.4 is 10.9 Å². The smallest absolute Gasteiger partial charge is 0.271 e. The molecule has 0 saturated carbocycles. The Bertz CT molecular complexity index is 1270. The van der Waals surface area contributed by atoms with Gasteiger partial charge in [0.1, 0.15) is 16.7 Å². The summed E-state index contributed by atoms with van der Waals surface area (Å²) in [5.74, 6) is -1.08. The lowest BCUT2D eigenvalue weighted by Gasteiger charge is -2.09. The summed E-state index contributed by atoms with van der Waals surface area (Å²) in [4.78, 5) is 25.4. The molecule has 5 nitrogen and oxygen atoms in total. The number of nitrogens with one attached hydrogen (secondary N) is 1. The monoisotopic (exact) mass is 435 g/mol. The number of halogens is 2. The number of amides is 1. The number of hydrogen-bond donors (Lipinski definition) is 1. The van der Waals surface area contributed by atoms with E-state index < -0.39 is 0 Å². The van der Waals surface area contributed by atoms with Crippen LogP contribution in [0.25, 0.3) is 5.69 Å². The van der Waals surface area contributed by atoms with E-state index in [1.807, 2.05) is 0 Å². The van der Waals surface area contributed by atoms with Crippen molar-refractivity contribution < 1.29 is 13.6 Å². The van der Waals surface area contributed by atoms with E-state index in [9.17, 15) is 18.4 Å². The largest absolute Gasteiger partial charge is 0.322 e. The fourth-order valence-electron chi connectivity index (χ4n) is 2.75. The fourth-order valence-corrected chi connectivity index (χ4v) is 3.52. The minimum atomic E-state index is -0.389. The summed E-state index contributed by atoms with van der Waals surface area (Å²) in [6.45, 7) is 0. The number of nitrogens with zero attached hydrogens (tertiary/aromatic N) is 2. The molecule has 1 heterocycles. The quantitative estimate of drug-likeness (QED) is 0.484. The number of rotatable bonds is 5. The first kappa shape index (κ1) is 20.5. The molecule has 0 aliphatic heterocycles. The average molecular weight is 435 g/mol. The number of aromatic nitrogens is 2. The highest BCUT2D eigenvalue weighted by molar-refractivity contribution is 7.99. The molecule has 8 heteroatoms. The first-order valence-corrected chi connectivity index (χ1v) is 10.0. The third-order valence-corrected chi connectivity index (χ3v) is 5.22. The highest BCUT2D eigenvalue weighted by Gasteiger charge is 2.09. The van der Waals surface area contributed by atoms with Gasteiger partial charge in [-0.15, -0.1) is 0 Å². The Morgan fingerprint density at radius 2 is 1.42 bits per heavy atom. The zero-order valence-electron chi connectivity index (χ0n) is 16.0. The normalized spacial score (nSPS) is 10.6. The van der Waals surface area contributed by atoms with Crippen molar-refractivity contribution in [3.05, 3.63) is 112 Å². The molecule has 3 aromatic carbocycles. The van der Waals surface area contributed by atoms with E-state index in [1.165, 1.54) is 58.9 Å². The molecule has 0 aliphatic carbocycles. The van der Waals surface area contributed by atoms with Crippen LogP contribution in [0.15, 0.2) is 99.6 Å². The van der Waals surface area contributed by atoms with Crippen LogP contribution in [-0.4, -0.2) is 15.7 Å². The van der Waals surface area contributed by atoms with Gasteiger partial charge < -0.3 is 5.32 Å². The predicted octanol–water partition coefficient (Wildman–Crippen LogP) is 4.91. The second-order valence-electron chi connectivity index (χ2n) is 6.49. The van der Waals surface area contributed by atoms with Gasteiger partial charge in [-0.3, -0.25) is 9.59 Å². The molecule has 4 rings (SSSR count). The standard InChI is InChI=1S/C23H15F2N3O2S/c24-16-3-7-18(8-4-16)26-23(30)15-1-9-19(10-2-15)28-22(29)14-13-21(27-28)31-20-11-5-17(25)6-12-20/h1-14H,(H,26,30). The molecular formula is C23H15F2N3O2S. The van der Waals surface area contributed by atoms with Gasteiger partial charge >= 0.3 is 0 Å². The van der Waals surface area contributed by atoms with Gasteiger partial charge in [-0.25, -0.2) is 8.78 Å². The summed E-state index contributed by atoms with van der Waals surface area (Å²) in [5.41, 5.74) is 1.01. The minimum Gasteiger partial charge on any atom is -0.322 e. The Labute approximate surface area is 180 Å². The SMILES string of the molecule is O=C(Nc1ccc(F)cc1)c1ccc(-n2nc(Sc3ccc(F)cc3)ccc2=O)cc1. The van der Waals surface area contributed by atoms with E-state index >= 15 is 0 Å². The van der Waals surface area contributed by atoms with Crippen molar-refractivity contribution >= 4 is 23.4 Å². The highest BCUT2D eigenvalue weighted by atomic mass is 32.2. The number of anilines is 1. The summed E-state index contributed by atoms with van der Waals surface area (Å²) < 4.78 is 27.3. The first-order valence-electron chi connectivity index (χ1n) is 9.19. The molecule has 1 N–H and O–H groups in total. The lowest BCUT2D eigenvalue weighted by Crippen LogP contribution is -2.20. The summed E-state index contributed by atoms with van der Waals surface area (Å²) in [7, 11) is 0. The molecule has 0 fully saturated rings. The van der Waals surface area contributed by atoms with Crippen LogP contribution in [-0.2, 0) is 0 Å². The Balaban J connectivity index is 1.52. The lowest BCUT2D eigenvalue weighted by molar-refractivity contribution is 0.102. The Morgan fingerprint density at radius 3 is 2.06 bits per heavy atom. The number of carbonyl (C=O) groups is 1. The van der Waals surface area contributed by atoms with Gasteiger partial charge in [0, 0.05) is 22.2 Å². The molecule has 1 aromatic heterocycles. The molecular weight excluding hydrogens is 420 g/mol. The van der Waals surface area contributed by atoms with Crippen LogP contribution in [0.3, 0.4) is 0 Å². The van der Waals surface area contributed by atoms with E-state index in [2.05, 4.69) is 10.4 Å². The Morgan fingerprint density at radius 1 is 0.806 bits per heavy atom. The van der Waals surface area contributed by atoms with Gasteiger partial charge in [0.05, 0.1) is 5.69 Å². The third kappa shape index (κ3) is 5.04. The summed E-state index contributed by atoms with van der Waals surface area (Å²) in [6.07, 6.45) is 0. The van der Waals surface area contributed by atoms with E-state index in [1.54, 1.807) is 42.5 Å². The van der Waals surface area contributed by atoms with Crippen molar-refractivity contribution in [1.82, 2.24) is 9.78 Å².